The number of aromatic nitrogens is 1. The van der Waals surface area contributed by atoms with E-state index >= 15 is 0 Å². The number of fused-ring (bicyclic) bond motifs is 2. The molecule has 0 saturated heterocycles. The maximum Gasteiger partial charge on any atom is 0.137 e. The Bertz CT molecular complexity index is 788. The number of hydrogen-bond acceptors (Lipinski definition) is 3. The van der Waals surface area contributed by atoms with Gasteiger partial charge in [0.1, 0.15) is 5.82 Å². The molecule has 2 aromatic carbocycles. The van der Waals surface area contributed by atoms with Gasteiger partial charge < -0.3 is 10.0 Å². The minimum absolute atomic E-state index is 0.0291. The van der Waals surface area contributed by atoms with Gasteiger partial charge in [-0.1, -0.05) is 48.5 Å². The molecule has 2 heterocycles. The van der Waals surface area contributed by atoms with Crippen LogP contribution in [0.5, 0.6) is 0 Å². The number of rotatable bonds is 2. The SMILES string of the molecule is OCc1cc2ccccc2c(N2Cc3ccccc3C2)n1. The average Bonchev–Trinajstić information content (AvgIpc) is 2.97. The predicted octanol–water partition coefficient (Wildman–Crippen LogP) is 3.25. The molecule has 0 radical (unpaired) electrons. The Hall–Kier alpha value is -2.39. The molecular weight excluding hydrogens is 260 g/mol. The number of anilines is 1. The van der Waals surface area contributed by atoms with Gasteiger partial charge in [-0.05, 0) is 22.6 Å². The summed E-state index contributed by atoms with van der Waals surface area (Å²) in [5, 5.41) is 11.7. The van der Waals surface area contributed by atoms with Gasteiger partial charge in [0.25, 0.3) is 0 Å². The van der Waals surface area contributed by atoms with E-state index in [1.54, 1.807) is 0 Å². The molecule has 0 unspecified atom stereocenters. The highest BCUT2D eigenvalue weighted by Crippen LogP contribution is 2.32. The van der Waals surface area contributed by atoms with Crippen LogP contribution in [0.2, 0.25) is 0 Å². The Labute approximate surface area is 123 Å². The molecule has 104 valence electrons. The molecule has 0 atom stereocenters. The summed E-state index contributed by atoms with van der Waals surface area (Å²) in [6.07, 6.45) is 0. The number of aliphatic hydroxyl groups is 1. The highest BCUT2D eigenvalue weighted by atomic mass is 16.3. The van der Waals surface area contributed by atoms with Crippen LogP contribution < -0.4 is 4.90 Å². The largest absolute Gasteiger partial charge is 0.390 e. The van der Waals surface area contributed by atoms with Crippen LogP contribution in [-0.2, 0) is 19.7 Å². The molecule has 4 rings (SSSR count). The van der Waals surface area contributed by atoms with Gasteiger partial charge >= 0.3 is 0 Å². The maximum absolute atomic E-state index is 9.46. The zero-order chi connectivity index (χ0) is 14.2. The van der Waals surface area contributed by atoms with Gasteiger partial charge in [0.15, 0.2) is 0 Å². The summed E-state index contributed by atoms with van der Waals surface area (Å²) in [4.78, 5) is 6.94. The first kappa shape index (κ1) is 12.4. The topological polar surface area (TPSA) is 36.4 Å². The van der Waals surface area contributed by atoms with E-state index in [0.717, 1.165) is 35.4 Å². The summed E-state index contributed by atoms with van der Waals surface area (Å²) >= 11 is 0. The Balaban J connectivity index is 1.84. The van der Waals surface area contributed by atoms with E-state index in [4.69, 9.17) is 0 Å². The lowest BCUT2D eigenvalue weighted by molar-refractivity contribution is 0.277. The van der Waals surface area contributed by atoms with Gasteiger partial charge in [-0.2, -0.15) is 0 Å². The fraction of sp³-hybridized carbons (Fsp3) is 0.167. The minimum Gasteiger partial charge on any atom is -0.390 e. The molecule has 3 aromatic rings. The normalized spacial score (nSPS) is 13.7. The number of aliphatic hydroxyl groups excluding tert-OH is 1. The maximum atomic E-state index is 9.46. The zero-order valence-corrected chi connectivity index (χ0v) is 11.7. The minimum atomic E-state index is -0.0291. The Kier molecular flexibility index (Phi) is 2.86. The van der Waals surface area contributed by atoms with Crippen LogP contribution in [0.1, 0.15) is 16.8 Å². The molecular formula is C18H16N2O. The lowest BCUT2D eigenvalue weighted by Crippen LogP contribution is -2.17. The van der Waals surface area contributed by atoms with Crippen molar-refractivity contribution in [2.24, 2.45) is 0 Å². The summed E-state index contributed by atoms with van der Waals surface area (Å²) in [5.74, 6) is 0.966. The molecule has 0 spiro atoms. The first-order valence-electron chi connectivity index (χ1n) is 7.16. The van der Waals surface area contributed by atoms with E-state index in [0.29, 0.717) is 0 Å². The molecule has 21 heavy (non-hydrogen) atoms. The second kappa shape index (κ2) is 4.86. The standard InChI is InChI=1S/C18H16N2O/c21-12-16-9-13-5-3-4-8-17(13)18(19-16)20-10-14-6-1-2-7-15(14)11-20/h1-9,21H,10-12H2. The molecule has 1 N–H and O–H groups in total. The van der Waals surface area contributed by atoms with E-state index in [2.05, 4.69) is 46.3 Å². The third-order valence-corrected chi connectivity index (χ3v) is 4.08. The van der Waals surface area contributed by atoms with Crippen molar-refractivity contribution in [1.82, 2.24) is 4.98 Å². The van der Waals surface area contributed by atoms with E-state index in [1.165, 1.54) is 11.1 Å². The van der Waals surface area contributed by atoms with Crippen molar-refractivity contribution in [3.63, 3.8) is 0 Å². The molecule has 0 bridgehead atoms. The summed E-state index contributed by atoms with van der Waals surface area (Å²) in [6.45, 7) is 1.72. The summed E-state index contributed by atoms with van der Waals surface area (Å²) in [5.41, 5.74) is 3.44. The van der Waals surface area contributed by atoms with Crippen molar-refractivity contribution in [2.75, 3.05) is 4.90 Å². The van der Waals surface area contributed by atoms with Crippen molar-refractivity contribution >= 4 is 16.6 Å². The molecule has 1 aromatic heterocycles. The van der Waals surface area contributed by atoms with E-state index in [9.17, 15) is 5.11 Å². The average molecular weight is 276 g/mol. The predicted molar refractivity (Wildman–Crippen MR) is 84.0 cm³/mol. The van der Waals surface area contributed by atoms with Gasteiger partial charge in [-0.25, -0.2) is 4.98 Å². The van der Waals surface area contributed by atoms with Crippen LogP contribution in [0.3, 0.4) is 0 Å². The molecule has 0 saturated carbocycles. The lowest BCUT2D eigenvalue weighted by Gasteiger charge is -2.19. The van der Waals surface area contributed by atoms with Gasteiger partial charge in [-0.15, -0.1) is 0 Å². The summed E-state index contributed by atoms with van der Waals surface area (Å²) < 4.78 is 0. The second-order valence-corrected chi connectivity index (χ2v) is 5.44. The molecule has 1 aliphatic heterocycles. The Morgan fingerprint density at radius 2 is 1.62 bits per heavy atom. The number of pyridine rings is 1. The van der Waals surface area contributed by atoms with Crippen LogP contribution in [0.25, 0.3) is 10.8 Å². The van der Waals surface area contributed by atoms with Crippen molar-refractivity contribution in [3.05, 3.63) is 71.4 Å². The fourth-order valence-corrected chi connectivity index (χ4v) is 3.04. The van der Waals surface area contributed by atoms with Crippen molar-refractivity contribution in [3.8, 4) is 0 Å². The number of benzene rings is 2. The first-order valence-corrected chi connectivity index (χ1v) is 7.16. The third-order valence-electron chi connectivity index (χ3n) is 4.08. The van der Waals surface area contributed by atoms with E-state index in [1.807, 2.05) is 18.2 Å². The number of hydrogen-bond donors (Lipinski definition) is 1. The second-order valence-electron chi connectivity index (χ2n) is 5.44. The molecule has 0 aliphatic carbocycles. The summed E-state index contributed by atoms with van der Waals surface area (Å²) in [6, 6.07) is 18.7. The van der Waals surface area contributed by atoms with Crippen molar-refractivity contribution in [2.45, 2.75) is 19.7 Å². The van der Waals surface area contributed by atoms with Crippen LogP contribution in [0.4, 0.5) is 5.82 Å². The molecule has 3 nitrogen and oxygen atoms in total. The molecule has 0 fully saturated rings. The van der Waals surface area contributed by atoms with Crippen LogP contribution in [-0.4, -0.2) is 10.1 Å². The van der Waals surface area contributed by atoms with Crippen molar-refractivity contribution < 1.29 is 5.11 Å². The van der Waals surface area contributed by atoms with E-state index in [-0.39, 0.29) is 6.61 Å². The third kappa shape index (κ3) is 2.06. The van der Waals surface area contributed by atoms with Gasteiger partial charge in [-0.3, -0.25) is 0 Å². The lowest BCUT2D eigenvalue weighted by atomic mass is 10.1. The van der Waals surface area contributed by atoms with Crippen molar-refractivity contribution in [1.29, 1.82) is 0 Å². The van der Waals surface area contributed by atoms with Crippen LogP contribution in [0, 0.1) is 0 Å². The molecule has 3 heteroatoms. The van der Waals surface area contributed by atoms with Gasteiger partial charge in [0, 0.05) is 18.5 Å². The Morgan fingerprint density at radius 3 is 2.33 bits per heavy atom. The van der Waals surface area contributed by atoms with Gasteiger partial charge in [0.05, 0.1) is 12.3 Å². The fourth-order valence-electron chi connectivity index (χ4n) is 3.04. The zero-order valence-electron chi connectivity index (χ0n) is 11.7. The highest BCUT2D eigenvalue weighted by molar-refractivity contribution is 5.92. The summed E-state index contributed by atoms with van der Waals surface area (Å²) in [7, 11) is 0. The molecule has 1 aliphatic rings. The monoisotopic (exact) mass is 276 g/mol. The highest BCUT2D eigenvalue weighted by Gasteiger charge is 2.21. The van der Waals surface area contributed by atoms with Crippen LogP contribution >= 0.6 is 0 Å². The first-order chi connectivity index (χ1) is 10.3. The quantitative estimate of drug-likeness (QED) is 0.780. The van der Waals surface area contributed by atoms with Crippen LogP contribution in [0.15, 0.2) is 54.6 Å². The smallest absolute Gasteiger partial charge is 0.137 e. The number of nitrogens with zero attached hydrogens (tertiary/aromatic N) is 2. The molecule has 0 amide bonds. The Morgan fingerprint density at radius 1 is 0.952 bits per heavy atom. The van der Waals surface area contributed by atoms with E-state index < -0.39 is 0 Å². The van der Waals surface area contributed by atoms with Gasteiger partial charge in [0.2, 0.25) is 0 Å².